The van der Waals surface area contributed by atoms with Gasteiger partial charge in [-0.15, -0.1) is 0 Å². The molecule has 2 aliphatic heterocycles. The Balaban J connectivity index is 1.91. The molecule has 2 heterocycles. The third-order valence-corrected chi connectivity index (χ3v) is 5.21. The molecule has 1 fully saturated rings. The van der Waals surface area contributed by atoms with Crippen LogP contribution in [-0.2, 0) is 9.59 Å². The van der Waals surface area contributed by atoms with Gasteiger partial charge in [0, 0.05) is 39.3 Å². The topological polar surface area (TPSA) is 73.3 Å². The van der Waals surface area contributed by atoms with E-state index in [1.54, 1.807) is 0 Å². The van der Waals surface area contributed by atoms with Crippen LogP contribution in [0.3, 0.4) is 0 Å². The lowest BCUT2D eigenvalue weighted by atomic mass is 10.0. The molecular weight excluding hydrogens is 370 g/mol. The number of piperazine rings is 1. The third-order valence-electron chi connectivity index (χ3n) is 5.21. The Hall–Kier alpha value is -2.38. The SMILES string of the molecule is CCCN1C(=O)C(c2ccc(OC(C)C)cc2)=C(N2CCN(CCO)CC2)C1=O. The second-order valence-electron chi connectivity index (χ2n) is 7.73. The predicted octanol–water partition coefficient (Wildman–Crippen LogP) is 1.57. The molecule has 0 saturated carbocycles. The minimum atomic E-state index is -0.220. The summed E-state index contributed by atoms with van der Waals surface area (Å²) in [6, 6.07) is 7.41. The summed E-state index contributed by atoms with van der Waals surface area (Å²) in [4.78, 5) is 31.8. The zero-order valence-corrected chi connectivity index (χ0v) is 17.6. The maximum atomic E-state index is 13.1. The average molecular weight is 402 g/mol. The molecule has 158 valence electrons. The normalized spacial score (nSPS) is 18.4. The molecule has 2 aliphatic rings. The first kappa shape index (κ1) is 21.3. The molecule has 7 heteroatoms. The van der Waals surface area contributed by atoms with Crippen molar-refractivity contribution < 1.29 is 19.4 Å². The van der Waals surface area contributed by atoms with E-state index in [-0.39, 0.29) is 24.5 Å². The predicted molar refractivity (Wildman–Crippen MR) is 111 cm³/mol. The number of imide groups is 1. The van der Waals surface area contributed by atoms with Crippen LogP contribution < -0.4 is 4.74 Å². The average Bonchev–Trinajstić information content (AvgIpc) is 2.94. The van der Waals surface area contributed by atoms with Crippen molar-refractivity contribution in [1.29, 1.82) is 0 Å². The summed E-state index contributed by atoms with van der Waals surface area (Å²) in [5.41, 5.74) is 1.73. The molecule has 2 amide bonds. The van der Waals surface area contributed by atoms with Crippen LogP contribution in [0.4, 0.5) is 0 Å². The fraction of sp³-hybridized carbons (Fsp3) is 0.545. The minimum Gasteiger partial charge on any atom is -0.491 e. The van der Waals surface area contributed by atoms with E-state index in [2.05, 4.69) is 4.90 Å². The van der Waals surface area contributed by atoms with E-state index in [9.17, 15) is 9.59 Å². The van der Waals surface area contributed by atoms with E-state index >= 15 is 0 Å². The van der Waals surface area contributed by atoms with E-state index in [4.69, 9.17) is 9.84 Å². The number of ether oxygens (including phenoxy) is 1. The molecule has 0 aliphatic carbocycles. The van der Waals surface area contributed by atoms with Crippen LogP contribution in [0.15, 0.2) is 30.0 Å². The van der Waals surface area contributed by atoms with Gasteiger partial charge in [0.2, 0.25) is 0 Å². The van der Waals surface area contributed by atoms with Gasteiger partial charge in [0.15, 0.2) is 0 Å². The highest BCUT2D eigenvalue weighted by molar-refractivity contribution is 6.35. The first-order valence-corrected chi connectivity index (χ1v) is 10.4. The number of β-amino-alcohol motifs (C(OH)–C–C–N with tert-alkyl or cyclic N) is 1. The molecule has 29 heavy (non-hydrogen) atoms. The van der Waals surface area contributed by atoms with Crippen molar-refractivity contribution in [2.75, 3.05) is 45.9 Å². The number of nitrogens with zero attached hydrogens (tertiary/aromatic N) is 3. The van der Waals surface area contributed by atoms with Crippen LogP contribution in [0, 0.1) is 0 Å². The van der Waals surface area contributed by atoms with Gasteiger partial charge in [0.1, 0.15) is 11.4 Å². The Bertz CT molecular complexity index is 765. The summed E-state index contributed by atoms with van der Waals surface area (Å²) in [5.74, 6) is 0.317. The molecule has 1 saturated heterocycles. The number of carbonyl (C=O) groups is 2. The fourth-order valence-corrected chi connectivity index (χ4v) is 3.85. The molecule has 1 aromatic carbocycles. The second-order valence-corrected chi connectivity index (χ2v) is 7.73. The van der Waals surface area contributed by atoms with Crippen LogP contribution in [-0.4, -0.2) is 83.6 Å². The number of aliphatic hydroxyl groups is 1. The summed E-state index contributed by atoms with van der Waals surface area (Å²) >= 11 is 0. The van der Waals surface area contributed by atoms with Crippen molar-refractivity contribution in [2.45, 2.75) is 33.3 Å². The van der Waals surface area contributed by atoms with E-state index < -0.39 is 0 Å². The smallest absolute Gasteiger partial charge is 0.277 e. The Kier molecular flexibility index (Phi) is 6.92. The van der Waals surface area contributed by atoms with Crippen molar-refractivity contribution in [1.82, 2.24) is 14.7 Å². The largest absolute Gasteiger partial charge is 0.491 e. The van der Waals surface area contributed by atoms with Crippen molar-refractivity contribution >= 4 is 17.4 Å². The molecule has 0 bridgehead atoms. The molecule has 3 rings (SSSR count). The highest BCUT2D eigenvalue weighted by Gasteiger charge is 2.41. The van der Waals surface area contributed by atoms with Crippen LogP contribution in [0.2, 0.25) is 0 Å². The zero-order valence-electron chi connectivity index (χ0n) is 17.6. The monoisotopic (exact) mass is 401 g/mol. The van der Waals surface area contributed by atoms with Gasteiger partial charge >= 0.3 is 0 Å². The number of amides is 2. The summed E-state index contributed by atoms with van der Waals surface area (Å²) in [6.45, 7) is 9.90. The minimum absolute atomic E-state index is 0.0700. The Morgan fingerprint density at radius 2 is 1.66 bits per heavy atom. The van der Waals surface area contributed by atoms with Crippen molar-refractivity contribution in [2.24, 2.45) is 0 Å². The molecule has 0 spiro atoms. The lowest BCUT2D eigenvalue weighted by Gasteiger charge is -2.36. The van der Waals surface area contributed by atoms with Crippen LogP contribution in [0.25, 0.3) is 5.57 Å². The number of benzene rings is 1. The molecule has 0 atom stereocenters. The first-order valence-electron chi connectivity index (χ1n) is 10.4. The lowest BCUT2D eigenvalue weighted by molar-refractivity contribution is -0.137. The lowest BCUT2D eigenvalue weighted by Crippen LogP contribution is -2.48. The summed E-state index contributed by atoms with van der Waals surface area (Å²) in [7, 11) is 0. The third kappa shape index (κ3) is 4.62. The quantitative estimate of drug-likeness (QED) is 0.667. The second kappa shape index (κ2) is 9.41. The molecular formula is C22H31N3O4. The van der Waals surface area contributed by atoms with Crippen LogP contribution in [0.1, 0.15) is 32.8 Å². The maximum absolute atomic E-state index is 13.1. The summed E-state index contributed by atoms with van der Waals surface area (Å²) in [5, 5.41) is 9.15. The van der Waals surface area contributed by atoms with Gasteiger partial charge < -0.3 is 14.7 Å². The van der Waals surface area contributed by atoms with Crippen LogP contribution in [0.5, 0.6) is 5.75 Å². The van der Waals surface area contributed by atoms with Crippen molar-refractivity contribution in [3.8, 4) is 5.75 Å². The van der Waals surface area contributed by atoms with Gasteiger partial charge in [0.05, 0.1) is 18.3 Å². The first-order chi connectivity index (χ1) is 14.0. The van der Waals surface area contributed by atoms with Gasteiger partial charge in [-0.2, -0.15) is 0 Å². The molecule has 0 aromatic heterocycles. The molecule has 0 unspecified atom stereocenters. The van der Waals surface area contributed by atoms with E-state index in [0.29, 0.717) is 37.4 Å². The fourth-order valence-electron chi connectivity index (χ4n) is 3.85. The number of hydrogen-bond donors (Lipinski definition) is 1. The highest BCUT2D eigenvalue weighted by Crippen LogP contribution is 2.33. The van der Waals surface area contributed by atoms with Gasteiger partial charge in [-0.05, 0) is 38.0 Å². The Morgan fingerprint density at radius 3 is 2.21 bits per heavy atom. The highest BCUT2D eigenvalue weighted by atomic mass is 16.5. The van der Waals surface area contributed by atoms with Crippen molar-refractivity contribution in [3.63, 3.8) is 0 Å². The maximum Gasteiger partial charge on any atom is 0.277 e. The molecule has 1 aromatic rings. The van der Waals surface area contributed by atoms with E-state index in [1.165, 1.54) is 4.90 Å². The Labute approximate surface area is 172 Å². The molecule has 7 nitrogen and oxygen atoms in total. The molecule has 0 radical (unpaired) electrons. The number of aliphatic hydroxyl groups excluding tert-OH is 1. The van der Waals surface area contributed by atoms with Gasteiger partial charge in [-0.1, -0.05) is 19.1 Å². The zero-order chi connectivity index (χ0) is 21.0. The molecule has 1 N–H and O–H groups in total. The number of carbonyl (C=O) groups excluding carboxylic acids is 2. The number of hydrogen-bond acceptors (Lipinski definition) is 6. The van der Waals surface area contributed by atoms with Crippen LogP contribution >= 0.6 is 0 Å². The van der Waals surface area contributed by atoms with Crippen molar-refractivity contribution in [3.05, 3.63) is 35.5 Å². The van der Waals surface area contributed by atoms with Gasteiger partial charge in [-0.3, -0.25) is 19.4 Å². The Morgan fingerprint density at radius 1 is 1.00 bits per heavy atom. The standard InChI is InChI=1S/C22H31N3O4/c1-4-9-25-21(27)19(17-5-7-18(8-6-17)29-16(2)3)20(22(25)28)24-12-10-23(11-13-24)14-15-26/h5-8,16,26H,4,9-15H2,1-3H3. The van der Waals surface area contributed by atoms with Gasteiger partial charge in [0.25, 0.3) is 11.8 Å². The summed E-state index contributed by atoms with van der Waals surface area (Å²) < 4.78 is 5.70. The number of rotatable bonds is 8. The summed E-state index contributed by atoms with van der Waals surface area (Å²) in [6.07, 6.45) is 0.796. The van der Waals surface area contributed by atoms with E-state index in [0.717, 1.165) is 30.8 Å². The van der Waals surface area contributed by atoms with Gasteiger partial charge in [-0.25, -0.2) is 0 Å². The van der Waals surface area contributed by atoms with E-state index in [1.807, 2.05) is 49.9 Å².